The van der Waals surface area contributed by atoms with E-state index in [9.17, 15) is 9.59 Å². The van der Waals surface area contributed by atoms with Gasteiger partial charge in [0.1, 0.15) is 11.5 Å². The fourth-order valence-electron chi connectivity index (χ4n) is 3.90. The molecule has 2 aromatic rings. The van der Waals surface area contributed by atoms with Crippen molar-refractivity contribution >= 4 is 39.3 Å². The van der Waals surface area contributed by atoms with Crippen molar-refractivity contribution in [2.45, 2.75) is 31.3 Å². The molecule has 1 unspecified atom stereocenters. The average Bonchev–Trinajstić information content (AvgIpc) is 3.28. The number of thiophene rings is 1. The second-order valence-electron chi connectivity index (χ2n) is 6.95. The molecule has 2 aliphatic rings. The number of hydrogen-bond acceptors (Lipinski definition) is 4. The van der Waals surface area contributed by atoms with Gasteiger partial charge in [-0.2, -0.15) is 0 Å². The Morgan fingerprint density at radius 2 is 1.93 bits per heavy atom. The second kappa shape index (κ2) is 8.02. The predicted molar refractivity (Wildman–Crippen MR) is 108 cm³/mol. The quantitative estimate of drug-likeness (QED) is 0.704. The van der Waals surface area contributed by atoms with Gasteiger partial charge in [-0.25, -0.2) is 4.79 Å². The van der Waals surface area contributed by atoms with Gasteiger partial charge in [-0.05, 0) is 52.2 Å². The highest BCUT2D eigenvalue weighted by Gasteiger charge is 2.40. The van der Waals surface area contributed by atoms with E-state index in [0.29, 0.717) is 19.7 Å². The summed E-state index contributed by atoms with van der Waals surface area (Å²) in [5.74, 6) is 0.0696. The molecule has 0 aliphatic carbocycles. The number of piperidine rings is 1. The number of amides is 2. The first kappa shape index (κ1) is 18.5. The van der Waals surface area contributed by atoms with Crippen LogP contribution in [0, 0.1) is 0 Å². The van der Waals surface area contributed by atoms with Crippen molar-refractivity contribution in [1.82, 2.24) is 9.80 Å². The van der Waals surface area contributed by atoms with E-state index in [1.54, 1.807) is 0 Å². The monoisotopic (exact) mass is 448 g/mol. The van der Waals surface area contributed by atoms with E-state index in [0.717, 1.165) is 28.6 Å². The topological polar surface area (TPSA) is 49.9 Å². The molecule has 3 heterocycles. The lowest BCUT2D eigenvalue weighted by atomic mass is 9.99. The van der Waals surface area contributed by atoms with Gasteiger partial charge in [-0.15, -0.1) is 11.3 Å². The maximum atomic E-state index is 12.7. The first-order chi connectivity index (χ1) is 13.1. The third kappa shape index (κ3) is 3.89. The van der Waals surface area contributed by atoms with E-state index >= 15 is 0 Å². The molecule has 27 heavy (non-hydrogen) atoms. The van der Waals surface area contributed by atoms with Gasteiger partial charge < -0.3 is 9.64 Å². The minimum absolute atomic E-state index is 0.0681. The summed E-state index contributed by atoms with van der Waals surface area (Å²) < 4.78 is 6.21. The smallest absolute Gasteiger partial charge is 0.410 e. The van der Waals surface area contributed by atoms with Crippen LogP contribution in [0.15, 0.2) is 46.3 Å². The predicted octanol–water partition coefficient (Wildman–Crippen LogP) is 4.18. The van der Waals surface area contributed by atoms with Gasteiger partial charge >= 0.3 is 6.09 Å². The highest BCUT2D eigenvalue weighted by atomic mass is 79.9. The molecule has 4 rings (SSSR count). The molecule has 0 saturated carbocycles. The third-order valence-corrected chi connectivity index (χ3v) is 7.10. The zero-order chi connectivity index (χ0) is 18.8. The normalized spacial score (nSPS) is 20.8. The Morgan fingerprint density at radius 3 is 2.59 bits per heavy atom. The van der Waals surface area contributed by atoms with Crippen LogP contribution in [0.2, 0.25) is 0 Å². The summed E-state index contributed by atoms with van der Waals surface area (Å²) in [6.45, 7) is 1.76. The molecule has 2 fully saturated rings. The highest BCUT2D eigenvalue weighted by Crippen LogP contribution is 2.29. The number of cyclic esters (lactones) is 1. The van der Waals surface area contributed by atoms with Crippen LogP contribution in [0.4, 0.5) is 4.79 Å². The number of likely N-dealkylation sites (tertiary alicyclic amines) is 1. The fourth-order valence-corrected chi connectivity index (χ4v) is 5.41. The molecule has 0 radical (unpaired) electrons. The van der Waals surface area contributed by atoms with E-state index in [1.807, 2.05) is 39.4 Å². The van der Waals surface area contributed by atoms with Crippen LogP contribution in [-0.4, -0.2) is 53.6 Å². The molecule has 5 nitrogen and oxygen atoms in total. The Bertz CT molecular complexity index is 818. The number of benzene rings is 1. The molecule has 1 aromatic carbocycles. The number of carbonyl (C=O) groups excluding carboxylic acids is 2. The van der Waals surface area contributed by atoms with Crippen LogP contribution < -0.4 is 0 Å². The maximum Gasteiger partial charge on any atom is 0.410 e. The number of halogens is 1. The zero-order valence-electron chi connectivity index (χ0n) is 14.8. The van der Waals surface area contributed by atoms with Crippen LogP contribution in [0.3, 0.4) is 0 Å². The molecule has 1 atom stereocenters. The van der Waals surface area contributed by atoms with Crippen LogP contribution >= 0.6 is 27.3 Å². The van der Waals surface area contributed by atoms with E-state index < -0.39 is 0 Å². The number of rotatable bonds is 4. The summed E-state index contributed by atoms with van der Waals surface area (Å²) in [7, 11) is 0. The first-order valence-electron chi connectivity index (χ1n) is 9.15. The van der Waals surface area contributed by atoms with Gasteiger partial charge in [-0.3, -0.25) is 9.69 Å². The minimum Gasteiger partial charge on any atom is -0.447 e. The van der Waals surface area contributed by atoms with Crippen molar-refractivity contribution < 1.29 is 14.3 Å². The van der Waals surface area contributed by atoms with Crippen molar-refractivity contribution in [3.63, 3.8) is 0 Å². The Morgan fingerprint density at radius 1 is 1.19 bits per heavy atom. The summed E-state index contributed by atoms with van der Waals surface area (Å²) in [5.41, 5.74) is 1.21. The van der Waals surface area contributed by atoms with Gasteiger partial charge in [0.15, 0.2) is 0 Å². The lowest BCUT2D eigenvalue weighted by Crippen LogP contribution is -2.50. The molecule has 0 bridgehead atoms. The summed E-state index contributed by atoms with van der Waals surface area (Å²) in [5, 5.41) is 1.92. The fraction of sp³-hybridized carbons (Fsp3) is 0.400. The van der Waals surface area contributed by atoms with Crippen LogP contribution in [-0.2, 0) is 11.2 Å². The third-order valence-electron chi connectivity index (χ3n) is 5.27. The second-order valence-corrected chi connectivity index (χ2v) is 8.72. The average molecular weight is 449 g/mol. The van der Waals surface area contributed by atoms with Gasteiger partial charge in [0.2, 0.25) is 0 Å². The van der Waals surface area contributed by atoms with Crippen molar-refractivity contribution in [2.75, 3.05) is 19.7 Å². The molecule has 7 heteroatoms. The SMILES string of the molecule is O=C(c1sccc1Br)N1CCC(N2C(=O)OCC2Cc2ccccc2)CC1. The van der Waals surface area contributed by atoms with Crippen molar-refractivity contribution in [3.8, 4) is 0 Å². The number of nitrogens with zero attached hydrogens (tertiary/aromatic N) is 2. The lowest BCUT2D eigenvalue weighted by molar-refractivity contribution is 0.0640. The molecule has 2 aliphatic heterocycles. The van der Waals surface area contributed by atoms with E-state index in [-0.39, 0.29) is 24.1 Å². The molecule has 1 aromatic heterocycles. The lowest BCUT2D eigenvalue weighted by Gasteiger charge is -2.37. The number of ether oxygens (including phenoxy) is 1. The minimum atomic E-state index is -0.221. The standard InChI is InChI=1S/C20H21BrN2O3S/c21-17-8-11-27-18(17)19(24)22-9-6-15(7-10-22)23-16(13-26-20(23)25)12-14-4-2-1-3-5-14/h1-5,8,11,15-16H,6-7,9-10,12-13H2. The first-order valence-corrected chi connectivity index (χ1v) is 10.8. The Balaban J connectivity index is 1.39. The molecular weight excluding hydrogens is 428 g/mol. The van der Waals surface area contributed by atoms with E-state index in [1.165, 1.54) is 16.9 Å². The summed E-state index contributed by atoms with van der Waals surface area (Å²) in [6.07, 6.45) is 2.15. The molecule has 2 saturated heterocycles. The van der Waals surface area contributed by atoms with Gasteiger partial charge in [-0.1, -0.05) is 30.3 Å². The summed E-state index contributed by atoms with van der Waals surface area (Å²) in [4.78, 5) is 29.6. The van der Waals surface area contributed by atoms with Crippen LogP contribution in [0.25, 0.3) is 0 Å². The van der Waals surface area contributed by atoms with Crippen molar-refractivity contribution in [3.05, 3.63) is 56.7 Å². The van der Waals surface area contributed by atoms with Gasteiger partial charge in [0, 0.05) is 23.6 Å². The Kier molecular flexibility index (Phi) is 5.50. The van der Waals surface area contributed by atoms with E-state index in [2.05, 4.69) is 28.1 Å². The summed E-state index contributed by atoms with van der Waals surface area (Å²) in [6, 6.07) is 12.3. The Hall–Kier alpha value is -1.86. The van der Waals surface area contributed by atoms with Crippen LogP contribution in [0.5, 0.6) is 0 Å². The van der Waals surface area contributed by atoms with Crippen LogP contribution in [0.1, 0.15) is 28.1 Å². The zero-order valence-corrected chi connectivity index (χ0v) is 17.2. The van der Waals surface area contributed by atoms with Gasteiger partial charge in [0.25, 0.3) is 5.91 Å². The summed E-state index contributed by atoms with van der Waals surface area (Å²) >= 11 is 4.90. The molecule has 0 N–H and O–H groups in total. The molecule has 2 amide bonds. The molecule has 0 spiro atoms. The number of carbonyl (C=O) groups is 2. The maximum absolute atomic E-state index is 12.7. The highest BCUT2D eigenvalue weighted by molar-refractivity contribution is 9.10. The molecule has 142 valence electrons. The largest absolute Gasteiger partial charge is 0.447 e. The van der Waals surface area contributed by atoms with Gasteiger partial charge in [0.05, 0.1) is 6.04 Å². The molecular formula is C20H21BrN2O3S. The van der Waals surface area contributed by atoms with E-state index in [4.69, 9.17) is 4.74 Å². The Labute approximate surface area is 171 Å². The van der Waals surface area contributed by atoms with Crippen molar-refractivity contribution in [1.29, 1.82) is 0 Å². The number of hydrogen-bond donors (Lipinski definition) is 0. The van der Waals surface area contributed by atoms with Crippen molar-refractivity contribution in [2.24, 2.45) is 0 Å².